The smallest absolute Gasteiger partial charge is 0.350 e. The Morgan fingerprint density at radius 1 is 1.08 bits per heavy atom. The van der Waals surface area contributed by atoms with Gasteiger partial charge in [-0.1, -0.05) is 55.0 Å². The number of Topliss-reactive ketones (excluding diaryl/α,β-unsaturated/α-hetero) is 1. The number of anilines is 1. The minimum absolute atomic E-state index is 0.0543. The van der Waals surface area contributed by atoms with E-state index in [1.54, 1.807) is 62.4 Å². The number of rotatable bonds is 9. The maximum Gasteiger partial charge on any atom is 0.350 e. The Morgan fingerprint density at radius 3 is 2.43 bits per heavy atom. The number of unbranched alkanes of at least 4 members (excludes halogenated alkanes) is 1. The number of thiazole rings is 1. The summed E-state index contributed by atoms with van der Waals surface area (Å²) < 4.78 is 10.8. The van der Waals surface area contributed by atoms with Gasteiger partial charge in [-0.15, -0.1) is 0 Å². The Morgan fingerprint density at radius 2 is 1.78 bits per heavy atom. The van der Waals surface area contributed by atoms with E-state index in [0.717, 1.165) is 24.2 Å². The molecule has 1 aromatic heterocycles. The molecule has 3 aromatic rings. The number of ether oxygens (including phenoxy) is 2. The van der Waals surface area contributed by atoms with Crippen LogP contribution in [0.5, 0.6) is 5.75 Å². The summed E-state index contributed by atoms with van der Waals surface area (Å²) in [6.07, 6.45) is 1.94. The number of benzene rings is 2. The number of hydrogen-bond donors (Lipinski definition) is 1. The van der Waals surface area contributed by atoms with Crippen molar-refractivity contribution in [2.24, 2.45) is 0 Å². The minimum Gasteiger partial charge on any atom is -0.507 e. The van der Waals surface area contributed by atoms with Crippen LogP contribution < -0.4 is 9.64 Å². The molecule has 8 nitrogen and oxygen atoms in total. The Balaban J connectivity index is 1.78. The molecule has 1 amide bonds. The molecule has 1 aliphatic rings. The highest BCUT2D eigenvalue weighted by molar-refractivity contribution is 7.17. The third-order valence-corrected chi connectivity index (χ3v) is 7.04. The van der Waals surface area contributed by atoms with Crippen LogP contribution in [0.2, 0.25) is 0 Å². The molecular weight excluding hydrogens is 492 g/mol. The minimum atomic E-state index is -0.928. The maximum atomic E-state index is 13.3. The second kappa shape index (κ2) is 11.4. The van der Waals surface area contributed by atoms with E-state index in [4.69, 9.17) is 9.47 Å². The lowest BCUT2D eigenvalue weighted by molar-refractivity contribution is -0.132. The topological polar surface area (TPSA) is 106 Å². The highest BCUT2D eigenvalue weighted by Gasteiger charge is 2.48. The molecule has 4 rings (SSSR count). The number of aryl methyl sites for hydroxylation is 1. The molecule has 0 radical (unpaired) electrons. The fraction of sp³-hybridized carbons (Fsp3) is 0.286. The fourth-order valence-corrected chi connectivity index (χ4v) is 5.04. The van der Waals surface area contributed by atoms with Crippen LogP contribution in [0, 0.1) is 6.92 Å². The zero-order chi connectivity index (χ0) is 26.5. The van der Waals surface area contributed by atoms with Gasteiger partial charge < -0.3 is 14.6 Å². The van der Waals surface area contributed by atoms with Crippen molar-refractivity contribution < 1.29 is 29.0 Å². The van der Waals surface area contributed by atoms with Gasteiger partial charge in [0, 0.05) is 5.56 Å². The van der Waals surface area contributed by atoms with Crippen LogP contribution in [0.15, 0.2) is 60.2 Å². The summed E-state index contributed by atoms with van der Waals surface area (Å²) in [4.78, 5) is 44.9. The molecule has 0 bridgehead atoms. The first kappa shape index (κ1) is 26.1. The quantitative estimate of drug-likeness (QED) is 0.132. The van der Waals surface area contributed by atoms with Gasteiger partial charge in [0.1, 0.15) is 16.4 Å². The number of aliphatic hydroxyl groups excluding tert-OH is 1. The third kappa shape index (κ3) is 5.27. The molecule has 1 N–H and O–H groups in total. The number of carbonyl (C=O) groups excluding carboxylic acids is 3. The van der Waals surface area contributed by atoms with E-state index in [1.165, 1.54) is 4.90 Å². The van der Waals surface area contributed by atoms with Gasteiger partial charge in [0.05, 0.1) is 30.5 Å². The standard InChI is InChI=1S/C28H28N2O6S/c1-4-6-16-36-20-14-12-19(13-15-20)23(31)21-22(18-10-8-7-9-11-18)30(26(33)24(21)32)28-29-17(3)25(37-28)27(34)35-5-2/h7-15,22,31H,4-6,16H2,1-3H3/b23-21+. The van der Waals surface area contributed by atoms with Gasteiger partial charge in [-0.2, -0.15) is 0 Å². The third-order valence-electron chi connectivity index (χ3n) is 5.91. The lowest BCUT2D eigenvalue weighted by Crippen LogP contribution is -2.29. The largest absolute Gasteiger partial charge is 0.507 e. The van der Waals surface area contributed by atoms with Crippen LogP contribution in [0.4, 0.5) is 5.13 Å². The highest BCUT2D eigenvalue weighted by atomic mass is 32.1. The Labute approximate surface area is 219 Å². The molecule has 0 aliphatic carbocycles. The van der Waals surface area contributed by atoms with Gasteiger partial charge in [0.2, 0.25) is 0 Å². The molecule has 1 saturated heterocycles. The van der Waals surface area contributed by atoms with E-state index in [2.05, 4.69) is 11.9 Å². The Kier molecular flexibility index (Phi) is 8.03. The van der Waals surface area contributed by atoms with E-state index in [0.29, 0.717) is 29.2 Å². The number of esters is 1. The van der Waals surface area contributed by atoms with Crippen molar-refractivity contribution in [3.8, 4) is 5.75 Å². The van der Waals surface area contributed by atoms with Gasteiger partial charge in [-0.3, -0.25) is 14.5 Å². The van der Waals surface area contributed by atoms with Gasteiger partial charge >= 0.3 is 11.9 Å². The van der Waals surface area contributed by atoms with E-state index in [-0.39, 0.29) is 27.9 Å². The normalized spacial score (nSPS) is 16.7. The summed E-state index contributed by atoms with van der Waals surface area (Å²) in [5, 5.41) is 11.5. The van der Waals surface area contributed by atoms with Crippen LogP contribution in [-0.4, -0.2) is 41.0 Å². The average molecular weight is 521 g/mol. The highest BCUT2D eigenvalue weighted by Crippen LogP contribution is 2.44. The Hall–Kier alpha value is -3.98. The predicted molar refractivity (Wildman–Crippen MR) is 141 cm³/mol. The SMILES string of the molecule is CCCCOc1ccc(/C(O)=C2\C(=O)C(=O)N(c3nc(C)c(C(=O)OCC)s3)C2c2ccccc2)cc1. The first-order valence-electron chi connectivity index (χ1n) is 12.1. The summed E-state index contributed by atoms with van der Waals surface area (Å²) >= 11 is 0.976. The van der Waals surface area contributed by atoms with Crippen molar-refractivity contribution in [3.05, 3.63) is 81.9 Å². The molecule has 2 heterocycles. The lowest BCUT2D eigenvalue weighted by Gasteiger charge is -2.23. The molecule has 0 spiro atoms. The summed E-state index contributed by atoms with van der Waals surface area (Å²) in [5.74, 6) is -1.86. The Bertz CT molecular complexity index is 1330. The van der Waals surface area contributed by atoms with Crippen LogP contribution in [0.3, 0.4) is 0 Å². The number of aliphatic hydroxyl groups is 1. The number of hydrogen-bond acceptors (Lipinski definition) is 8. The first-order valence-corrected chi connectivity index (χ1v) is 12.9. The first-order chi connectivity index (χ1) is 17.9. The van der Waals surface area contributed by atoms with Crippen LogP contribution in [-0.2, 0) is 14.3 Å². The van der Waals surface area contributed by atoms with Gasteiger partial charge in [-0.05, 0) is 50.1 Å². The van der Waals surface area contributed by atoms with E-state index >= 15 is 0 Å². The molecule has 2 aromatic carbocycles. The van der Waals surface area contributed by atoms with Crippen LogP contribution in [0.1, 0.15) is 59.2 Å². The molecule has 37 heavy (non-hydrogen) atoms. The zero-order valence-electron chi connectivity index (χ0n) is 20.9. The van der Waals surface area contributed by atoms with Crippen molar-refractivity contribution in [2.75, 3.05) is 18.1 Å². The van der Waals surface area contributed by atoms with Crippen molar-refractivity contribution in [1.82, 2.24) is 4.98 Å². The van der Waals surface area contributed by atoms with E-state index in [1.807, 2.05) is 6.07 Å². The number of carbonyl (C=O) groups is 3. The van der Waals surface area contributed by atoms with Gasteiger partial charge in [-0.25, -0.2) is 9.78 Å². The van der Waals surface area contributed by atoms with E-state index < -0.39 is 23.7 Å². The molecule has 1 atom stereocenters. The molecule has 1 unspecified atom stereocenters. The van der Waals surface area contributed by atoms with Crippen molar-refractivity contribution >= 4 is 39.9 Å². The molecule has 1 fully saturated rings. The van der Waals surface area contributed by atoms with E-state index in [9.17, 15) is 19.5 Å². The number of nitrogens with zero attached hydrogens (tertiary/aromatic N) is 2. The average Bonchev–Trinajstić information content (AvgIpc) is 3.41. The summed E-state index contributed by atoms with van der Waals surface area (Å²) in [7, 11) is 0. The van der Waals surface area contributed by atoms with Crippen molar-refractivity contribution in [3.63, 3.8) is 0 Å². The molecule has 1 aliphatic heterocycles. The van der Waals surface area contributed by atoms with Gasteiger partial charge in [0.15, 0.2) is 5.13 Å². The molecule has 0 saturated carbocycles. The summed E-state index contributed by atoms with van der Waals surface area (Å²) in [6.45, 7) is 6.20. The van der Waals surface area contributed by atoms with Crippen LogP contribution in [0.25, 0.3) is 5.76 Å². The predicted octanol–water partition coefficient (Wildman–Crippen LogP) is 5.43. The fourth-order valence-electron chi connectivity index (χ4n) is 4.05. The molecular formula is C28H28N2O6S. The monoisotopic (exact) mass is 520 g/mol. The lowest BCUT2D eigenvalue weighted by atomic mass is 9.95. The van der Waals surface area contributed by atoms with Crippen molar-refractivity contribution in [1.29, 1.82) is 0 Å². The number of aromatic nitrogens is 1. The summed E-state index contributed by atoms with van der Waals surface area (Å²) in [5.41, 5.74) is 1.34. The second-order valence-electron chi connectivity index (χ2n) is 8.44. The number of ketones is 1. The molecule has 192 valence electrons. The zero-order valence-corrected chi connectivity index (χ0v) is 21.7. The maximum absolute atomic E-state index is 13.3. The second-order valence-corrected chi connectivity index (χ2v) is 9.42. The van der Waals surface area contributed by atoms with Gasteiger partial charge in [0.25, 0.3) is 5.78 Å². The van der Waals surface area contributed by atoms with Crippen molar-refractivity contribution in [2.45, 2.75) is 39.7 Å². The van der Waals surface area contributed by atoms with Crippen LogP contribution >= 0.6 is 11.3 Å². The summed E-state index contributed by atoms with van der Waals surface area (Å²) in [6, 6.07) is 14.7. The number of amides is 1. The molecule has 9 heteroatoms.